The molecule has 1 aliphatic rings. The maximum Gasteiger partial charge on any atom is 0.251 e. The lowest BCUT2D eigenvalue weighted by Gasteiger charge is -2.26. The predicted molar refractivity (Wildman–Crippen MR) is 82.0 cm³/mol. The van der Waals surface area contributed by atoms with Gasteiger partial charge in [-0.2, -0.15) is 0 Å². The summed E-state index contributed by atoms with van der Waals surface area (Å²) >= 11 is 0. The van der Waals surface area contributed by atoms with Crippen LogP contribution in [0.25, 0.3) is 0 Å². The number of aromatic amines is 1. The first-order valence-corrected chi connectivity index (χ1v) is 7.28. The molecule has 21 heavy (non-hydrogen) atoms. The van der Waals surface area contributed by atoms with Gasteiger partial charge in [0.05, 0.1) is 12.3 Å². The number of aromatic nitrogens is 2. The van der Waals surface area contributed by atoms with Gasteiger partial charge in [-0.05, 0) is 12.5 Å². The molecule has 1 aliphatic heterocycles. The van der Waals surface area contributed by atoms with Crippen molar-refractivity contribution in [1.29, 1.82) is 0 Å². The number of ether oxygens (including phenoxy) is 1. The van der Waals surface area contributed by atoms with Crippen molar-refractivity contribution in [3.63, 3.8) is 0 Å². The lowest BCUT2D eigenvalue weighted by atomic mass is 9.90. The average Bonchev–Trinajstić information content (AvgIpc) is 2.45. The third-order valence-corrected chi connectivity index (χ3v) is 3.82. The standard InChI is InChI=1S/C17H20N2O2/c1-17(2,3)14-10-15(20)19-16(18-14)12-8-9-21-13-7-5-4-6-11(12)13/h4-7,10,12H,8-9H2,1-3H3,(H,18,19,20). The number of nitrogens with zero attached hydrogens (tertiary/aromatic N) is 1. The summed E-state index contributed by atoms with van der Waals surface area (Å²) in [7, 11) is 0. The van der Waals surface area contributed by atoms with E-state index < -0.39 is 0 Å². The third-order valence-electron chi connectivity index (χ3n) is 3.82. The normalized spacial score (nSPS) is 18.0. The number of hydrogen-bond donors (Lipinski definition) is 1. The number of fused-ring (bicyclic) bond motifs is 1. The maximum atomic E-state index is 12.0. The molecule has 0 spiro atoms. The van der Waals surface area contributed by atoms with E-state index in [1.54, 1.807) is 6.07 Å². The number of hydrogen-bond acceptors (Lipinski definition) is 3. The summed E-state index contributed by atoms with van der Waals surface area (Å²) < 4.78 is 5.68. The van der Waals surface area contributed by atoms with Crippen LogP contribution in [-0.2, 0) is 5.41 Å². The van der Waals surface area contributed by atoms with Crippen LogP contribution in [0, 0.1) is 0 Å². The Labute approximate surface area is 124 Å². The molecule has 0 aliphatic carbocycles. The van der Waals surface area contributed by atoms with E-state index in [2.05, 4.69) is 25.8 Å². The van der Waals surface area contributed by atoms with Crippen molar-refractivity contribution < 1.29 is 4.74 Å². The van der Waals surface area contributed by atoms with Crippen molar-refractivity contribution >= 4 is 0 Å². The van der Waals surface area contributed by atoms with Crippen molar-refractivity contribution in [2.75, 3.05) is 6.61 Å². The van der Waals surface area contributed by atoms with Crippen LogP contribution in [0.4, 0.5) is 0 Å². The Kier molecular flexibility index (Phi) is 3.32. The smallest absolute Gasteiger partial charge is 0.251 e. The van der Waals surface area contributed by atoms with Gasteiger partial charge in [0, 0.05) is 23.0 Å². The second-order valence-corrected chi connectivity index (χ2v) is 6.49. The molecule has 0 radical (unpaired) electrons. The topological polar surface area (TPSA) is 55.0 Å². The van der Waals surface area contributed by atoms with Crippen molar-refractivity contribution in [3.8, 4) is 5.75 Å². The van der Waals surface area contributed by atoms with E-state index in [0.717, 1.165) is 29.3 Å². The van der Waals surface area contributed by atoms with Crippen LogP contribution >= 0.6 is 0 Å². The van der Waals surface area contributed by atoms with E-state index in [4.69, 9.17) is 9.72 Å². The molecule has 0 saturated heterocycles. The van der Waals surface area contributed by atoms with E-state index >= 15 is 0 Å². The third kappa shape index (κ3) is 2.71. The van der Waals surface area contributed by atoms with E-state index in [1.807, 2.05) is 24.3 Å². The quantitative estimate of drug-likeness (QED) is 0.876. The lowest BCUT2D eigenvalue weighted by Crippen LogP contribution is -2.25. The monoisotopic (exact) mass is 284 g/mol. The minimum absolute atomic E-state index is 0.0879. The second kappa shape index (κ2) is 5.02. The van der Waals surface area contributed by atoms with E-state index in [1.165, 1.54) is 0 Å². The molecule has 0 fully saturated rings. The summed E-state index contributed by atoms with van der Waals surface area (Å²) in [6.07, 6.45) is 0.827. The van der Waals surface area contributed by atoms with Crippen molar-refractivity contribution in [1.82, 2.24) is 9.97 Å². The summed E-state index contributed by atoms with van der Waals surface area (Å²) in [4.78, 5) is 19.6. The van der Waals surface area contributed by atoms with E-state index in [9.17, 15) is 4.79 Å². The lowest BCUT2D eigenvalue weighted by molar-refractivity contribution is 0.274. The first kappa shape index (κ1) is 13.9. The second-order valence-electron chi connectivity index (χ2n) is 6.49. The molecule has 1 atom stereocenters. The Morgan fingerprint density at radius 2 is 2.05 bits per heavy atom. The van der Waals surface area contributed by atoms with Gasteiger partial charge in [-0.3, -0.25) is 4.79 Å². The first-order valence-electron chi connectivity index (χ1n) is 7.28. The van der Waals surface area contributed by atoms with Crippen molar-refractivity contribution in [3.05, 3.63) is 57.8 Å². The molecular weight excluding hydrogens is 264 g/mol. The number of benzene rings is 1. The molecule has 1 unspecified atom stereocenters. The van der Waals surface area contributed by atoms with Crippen LogP contribution in [-0.4, -0.2) is 16.6 Å². The summed E-state index contributed by atoms with van der Waals surface area (Å²) in [6, 6.07) is 9.56. The summed E-state index contributed by atoms with van der Waals surface area (Å²) in [6.45, 7) is 6.84. The highest BCUT2D eigenvalue weighted by atomic mass is 16.5. The van der Waals surface area contributed by atoms with E-state index in [0.29, 0.717) is 6.61 Å². The van der Waals surface area contributed by atoms with Gasteiger partial charge in [0.25, 0.3) is 5.56 Å². The zero-order valence-corrected chi connectivity index (χ0v) is 12.6. The molecular formula is C17H20N2O2. The van der Waals surface area contributed by atoms with Crippen LogP contribution in [0.3, 0.4) is 0 Å². The van der Waals surface area contributed by atoms with Crippen molar-refractivity contribution in [2.24, 2.45) is 0 Å². The minimum Gasteiger partial charge on any atom is -0.493 e. The Hall–Kier alpha value is -2.10. The Morgan fingerprint density at radius 3 is 2.81 bits per heavy atom. The summed E-state index contributed by atoms with van der Waals surface area (Å²) in [5.74, 6) is 1.71. The molecule has 1 aromatic carbocycles. The van der Waals surface area contributed by atoms with Crippen LogP contribution in [0.15, 0.2) is 35.1 Å². The fourth-order valence-corrected chi connectivity index (χ4v) is 2.65. The zero-order valence-electron chi connectivity index (χ0n) is 12.6. The fourth-order valence-electron chi connectivity index (χ4n) is 2.65. The highest BCUT2D eigenvalue weighted by Crippen LogP contribution is 2.36. The average molecular weight is 284 g/mol. The van der Waals surface area contributed by atoms with Crippen LogP contribution in [0.2, 0.25) is 0 Å². The Bertz CT molecular complexity index is 713. The molecule has 0 saturated carbocycles. The van der Waals surface area contributed by atoms with Crippen molar-refractivity contribution in [2.45, 2.75) is 38.5 Å². The molecule has 1 N–H and O–H groups in total. The SMILES string of the molecule is CC(C)(C)c1cc(=O)[nH]c(C2CCOc3ccccc32)n1. The predicted octanol–water partition coefficient (Wildman–Crippen LogP) is 2.98. The molecule has 0 bridgehead atoms. The van der Waals surface area contributed by atoms with Gasteiger partial charge in [-0.1, -0.05) is 39.0 Å². The van der Waals surface area contributed by atoms with Crippen LogP contribution in [0.5, 0.6) is 5.75 Å². The molecule has 3 rings (SSSR count). The van der Waals surface area contributed by atoms with Gasteiger partial charge in [0.15, 0.2) is 0 Å². The molecule has 2 aromatic rings. The minimum atomic E-state index is -0.145. The summed E-state index contributed by atoms with van der Waals surface area (Å²) in [5, 5.41) is 0. The van der Waals surface area contributed by atoms with Crippen LogP contribution in [0.1, 0.15) is 50.2 Å². The van der Waals surface area contributed by atoms with Gasteiger partial charge in [-0.25, -0.2) is 4.98 Å². The fraction of sp³-hybridized carbons (Fsp3) is 0.412. The Morgan fingerprint density at radius 1 is 1.29 bits per heavy atom. The van der Waals surface area contributed by atoms with Crippen LogP contribution < -0.4 is 10.3 Å². The van der Waals surface area contributed by atoms with E-state index in [-0.39, 0.29) is 16.9 Å². The van der Waals surface area contributed by atoms with Gasteiger partial charge in [0.1, 0.15) is 11.6 Å². The Balaban J connectivity index is 2.10. The maximum absolute atomic E-state index is 12.0. The van der Waals surface area contributed by atoms with Gasteiger partial charge >= 0.3 is 0 Å². The number of para-hydroxylation sites is 1. The number of H-pyrrole nitrogens is 1. The molecule has 4 nitrogen and oxygen atoms in total. The molecule has 4 heteroatoms. The highest BCUT2D eigenvalue weighted by molar-refractivity contribution is 5.40. The zero-order chi connectivity index (χ0) is 15.0. The number of nitrogens with one attached hydrogen (secondary N) is 1. The van der Waals surface area contributed by atoms with Gasteiger partial charge in [-0.15, -0.1) is 0 Å². The number of rotatable bonds is 1. The molecule has 2 heterocycles. The largest absolute Gasteiger partial charge is 0.493 e. The highest BCUT2D eigenvalue weighted by Gasteiger charge is 2.26. The van der Waals surface area contributed by atoms with Gasteiger partial charge in [0.2, 0.25) is 0 Å². The molecule has 0 amide bonds. The first-order chi connectivity index (χ1) is 9.95. The summed E-state index contributed by atoms with van der Waals surface area (Å²) in [5.41, 5.74) is 1.69. The van der Waals surface area contributed by atoms with Gasteiger partial charge < -0.3 is 9.72 Å². The molecule has 1 aromatic heterocycles. The molecule has 110 valence electrons.